The summed E-state index contributed by atoms with van der Waals surface area (Å²) < 4.78 is 34.4. The van der Waals surface area contributed by atoms with Gasteiger partial charge in [0, 0.05) is 25.7 Å². The van der Waals surface area contributed by atoms with E-state index in [1.165, 1.54) is 25.0 Å². The van der Waals surface area contributed by atoms with Crippen molar-refractivity contribution >= 4 is 5.69 Å². The Balaban J connectivity index is 1.53. The number of anilines is 1. The first-order valence-electron chi connectivity index (χ1n) is 7.81. The number of halogens is 2. The Morgan fingerprint density at radius 3 is 2.24 bits per heavy atom. The average Bonchev–Trinajstić information content (AvgIpc) is 3.21. The lowest BCUT2D eigenvalue weighted by atomic mass is 10.1. The number of nitrogens with zero attached hydrogens (tertiary/aromatic N) is 1. The second-order valence-electron chi connectivity index (χ2n) is 6.43. The number of hydrogen-bond acceptors (Lipinski definition) is 3. The lowest BCUT2D eigenvalue weighted by Gasteiger charge is -2.34. The van der Waals surface area contributed by atoms with Crippen LogP contribution < -0.4 is 10.2 Å². The van der Waals surface area contributed by atoms with Gasteiger partial charge < -0.3 is 15.0 Å². The molecule has 3 nitrogen and oxygen atoms in total. The fourth-order valence-electron chi connectivity index (χ4n) is 3.37. The second kappa shape index (κ2) is 5.21. The van der Waals surface area contributed by atoms with Crippen LogP contribution in [0.2, 0.25) is 0 Å². The lowest BCUT2D eigenvalue weighted by molar-refractivity contribution is 0.0300. The fourth-order valence-corrected chi connectivity index (χ4v) is 3.37. The lowest BCUT2D eigenvalue weighted by Crippen LogP contribution is -2.43. The van der Waals surface area contributed by atoms with Crippen molar-refractivity contribution in [1.29, 1.82) is 0 Å². The fraction of sp³-hybridized carbons (Fsp3) is 0.625. The van der Waals surface area contributed by atoms with Gasteiger partial charge in [0.2, 0.25) is 0 Å². The normalized spacial score (nSPS) is 28.2. The van der Waals surface area contributed by atoms with Crippen LogP contribution in [-0.4, -0.2) is 31.3 Å². The summed E-state index contributed by atoms with van der Waals surface area (Å²) in [6, 6.07) is 3.46. The molecule has 2 unspecified atom stereocenters. The Hall–Kier alpha value is -1.20. The SMILES string of the molecule is Fc1cc(CNC2CC2)cc(F)c1N1CC2CCC(C1)O2. The predicted molar refractivity (Wildman–Crippen MR) is 76.3 cm³/mol. The molecule has 2 saturated heterocycles. The van der Waals surface area contributed by atoms with Crippen LogP contribution in [0.15, 0.2) is 12.1 Å². The monoisotopic (exact) mass is 294 g/mol. The van der Waals surface area contributed by atoms with Crippen molar-refractivity contribution < 1.29 is 13.5 Å². The summed E-state index contributed by atoms with van der Waals surface area (Å²) >= 11 is 0. The van der Waals surface area contributed by atoms with Crippen LogP contribution in [-0.2, 0) is 11.3 Å². The highest BCUT2D eigenvalue weighted by Crippen LogP contribution is 2.33. The van der Waals surface area contributed by atoms with Gasteiger partial charge in [-0.2, -0.15) is 0 Å². The van der Waals surface area contributed by atoms with E-state index in [1.54, 1.807) is 0 Å². The molecule has 3 aliphatic rings. The first-order valence-corrected chi connectivity index (χ1v) is 7.81. The molecule has 3 fully saturated rings. The summed E-state index contributed by atoms with van der Waals surface area (Å²) in [6.45, 7) is 1.71. The molecule has 1 aromatic rings. The number of rotatable bonds is 4. The molecule has 1 aromatic carbocycles. The number of nitrogens with one attached hydrogen (secondary N) is 1. The predicted octanol–water partition coefficient (Wildman–Crippen LogP) is 2.58. The van der Waals surface area contributed by atoms with Gasteiger partial charge in [-0.25, -0.2) is 8.78 Å². The quantitative estimate of drug-likeness (QED) is 0.924. The largest absolute Gasteiger partial charge is 0.371 e. The third-order valence-corrected chi connectivity index (χ3v) is 4.61. The molecule has 0 radical (unpaired) electrons. The molecule has 0 spiro atoms. The minimum atomic E-state index is -0.455. The summed E-state index contributed by atoms with van der Waals surface area (Å²) in [6.07, 6.45) is 4.57. The number of hydrogen-bond donors (Lipinski definition) is 1. The molecule has 2 aliphatic heterocycles. The number of fused-ring (bicyclic) bond motifs is 2. The van der Waals surface area contributed by atoms with Gasteiger partial charge in [0.25, 0.3) is 0 Å². The van der Waals surface area contributed by atoms with Crippen molar-refractivity contribution in [2.75, 3.05) is 18.0 Å². The van der Waals surface area contributed by atoms with Gasteiger partial charge in [-0.15, -0.1) is 0 Å². The Bertz CT molecular complexity index is 512. The summed E-state index contributed by atoms with van der Waals surface area (Å²) in [7, 11) is 0. The molecule has 5 heteroatoms. The molecular weight excluding hydrogens is 274 g/mol. The zero-order chi connectivity index (χ0) is 14.4. The van der Waals surface area contributed by atoms with Crippen LogP contribution in [0.4, 0.5) is 14.5 Å². The smallest absolute Gasteiger partial charge is 0.149 e. The number of morpholine rings is 1. The molecule has 1 aliphatic carbocycles. The van der Waals surface area contributed by atoms with Gasteiger partial charge in [0.05, 0.1) is 12.2 Å². The Morgan fingerprint density at radius 1 is 1.05 bits per heavy atom. The van der Waals surface area contributed by atoms with Crippen molar-refractivity contribution in [2.24, 2.45) is 0 Å². The highest BCUT2D eigenvalue weighted by molar-refractivity contribution is 5.51. The van der Waals surface area contributed by atoms with Crippen LogP contribution in [0.5, 0.6) is 0 Å². The average molecular weight is 294 g/mol. The van der Waals surface area contributed by atoms with Crippen molar-refractivity contribution in [1.82, 2.24) is 5.32 Å². The standard InChI is InChI=1S/C16H20F2N2O/c17-14-5-10(7-19-11-1-2-11)6-15(18)16(14)20-8-12-3-4-13(9-20)21-12/h5-6,11-13,19H,1-4,7-9H2. The maximum Gasteiger partial charge on any atom is 0.149 e. The molecule has 114 valence electrons. The van der Waals surface area contributed by atoms with E-state index >= 15 is 0 Å². The van der Waals surface area contributed by atoms with E-state index in [1.807, 2.05) is 4.90 Å². The van der Waals surface area contributed by atoms with Crippen LogP contribution in [0.3, 0.4) is 0 Å². The zero-order valence-corrected chi connectivity index (χ0v) is 11.9. The van der Waals surface area contributed by atoms with E-state index < -0.39 is 11.6 Å². The van der Waals surface area contributed by atoms with Crippen molar-refractivity contribution in [2.45, 2.75) is 50.5 Å². The molecular formula is C16H20F2N2O. The Morgan fingerprint density at radius 2 is 1.67 bits per heavy atom. The highest BCUT2D eigenvalue weighted by Gasteiger charge is 2.35. The summed E-state index contributed by atoms with van der Waals surface area (Å²) in [5.74, 6) is -0.909. The molecule has 4 rings (SSSR count). The number of benzene rings is 1. The highest BCUT2D eigenvalue weighted by atomic mass is 19.1. The summed E-state index contributed by atoms with van der Waals surface area (Å²) in [5.41, 5.74) is 0.794. The molecule has 0 amide bonds. The number of ether oxygens (including phenoxy) is 1. The molecule has 2 bridgehead atoms. The van der Waals surface area contributed by atoms with E-state index in [9.17, 15) is 8.78 Å². The minimum absolute atomic E-state index is 0.116. The molecule has 1 N–H and O–H groups in total. The van der Waals surface area contributed by atoms with Gasteiger partial charge in [-0.3, -0.25) is 0 Å². The van der Waals surface area contributed by atoms with Gasteiger partial charge >= 0.3 is 0 Å². The van der Waals surface area contributed by atoms with Gasteiger partial charge in [0.1, 0.15) is 17.3 Å². The van der Waals surface area contributed by atoms with Crippen LogP contribution in [0, 0.1) is 11.6 Å². The minimum Gasteiger partial charge on any atom is -0.371 e. The zero-order valence-electron chi connectivity index (χ0n) is 11.9. The summed E-state index contributed by atoms with van der Waals surface area (Å²) in [5, 5.41) is 3.28. The Kier molecular flexibility index (Phi) is 3.34. The molecule has 2 heterocycles. The van der Waals surface area contributed by atoms with E-state index in [2.05, 4.69) is 5.32 Å². The molecule has 2 atom stereocenters. The van der Waals surface area contributed by atoms with Crippen LogP contribution in [0.25, 0.3) is 0 Å². The van der Waals surface area contributed by atoms with E-state index in [-0.39, 0.29) is 17.9 Å². The Labute approximate surface area is 123 Å². The van der Waals surface area contributed by atoms with Gasteiger partial charge in [-0.1, -0.05) is 0 Å². The second-order valence-corrected chi connectivity index (χ2v) is 6.43. The van der Waals surface area contributed by atoms with Crippen LogP contribution >= 0.6 is 0 Å². The van der Waals surface area contributed by atoms with Crippen molar-refractivity contribution in [3.05, 3.63) is 29.3 Å². The van der Waals surface area contributed by atoms with E-state index in [4.69, 9.17) is 4.74 Å². The van der Waals surface area contributed by atoms with Crippen molar-refractivity contribution in [3.8, 4) is 0 Å². The molecule has 21 heavy (non-hydrogen) atoms. The van der Waals surface area contributed by atoms with Crippen molar-refractivity contribution in [3.63, 3.8) is 0 Å². The van der Waals surface area contributed by atoms with E-state index in [0.717, 1.165) is 12.8 Å². The topological polar surface area (TPSA) is 24.5 Å². The van der Waals surface area contributed by atoms with Gasteiger partial charge in [-0.05, 0) is 43.4 Å². The summed E-state index contributed by atoms with van der Waals surface area (Å²) in [4.78, 5) is 1.81. The molecule has 0 aromatic heterocycles. The maximum atomic E-state index is 14.4. The van der Waals surface area contributed by atoms with Crippen LogP contribution in [0.1, 0.15) is 31.2 Å². The third-order valence-electron chi connectivity index (χ3n) is 4.61. The van der Waals surface area contributed by atoms with E-state index in [0.29, 0.717) is 31.2 Å². The third kappa shape index (κ3) is 2.77. The first kappa shape index (κ1) is 13.5. The first-order chi connectivity index (χ1) is 10.2. The van der Waals surface area contributed by atoms with Gasteiger partial charge in [0.15, 0.2) is 0 Å². The molecule has 1 saturated carbocycles. The maximum absolute atomic E-state index is 14.4.